The van der Waals surface area contributed by atoms with Gasteiger partial charge in [-0.3, -0.25) is 4.79 Å². The molecule has 0 radical (unpaired) electrons. The van der Waals surface area contributed by atoms with Crippen molar-refractivity contribution in [2.24, 2.45) is 0 Å². The third kappa shape index (κ3) is 1.99. The number of rotatable bonds is 3. The van der Waals surface area contributed by atoms with E-state index < -0.39 is 0 Å². The number of fused-ring (bicyclic) bond motifs is 1. The first kappa shape index (κ1) is 11.9. The SMILES string of the molecule is CCC1(CC)Cc2nc(OC)ccc2C(=O)N1. The zero-order valence-electron chi connectivity index (χ0n) is 10.5. The lowest BCUT2D eigenvalue weighted by Gasteiger charge is -2.37. The second-order valence-corrected chi connectivity index (χ2v) is 4.47. The van der Waals surface area contributed by atoms with Crippen molar-refractivity contribution in [1.82, 2.24) is 10.3 Å². The molecule has 2 heterocycles. The van der Waals surface area contributed by atoms with E-state index in [4.69, 9.17) is 4.74 Å². The zero-order valence-corrected chi connectivity index (χ0v) is 10.5. The van der Waals surface area contributed by atoms with E-state index in [1.165, 1.54) is 0 Å². The van der Waals surface area contributed by atoms with Crippen LogP contribution in [0.4, 0.5) is 0 Å². The fraction of sp³-hybridized carbons (Fsp3) is 0.538. The van der Waals surface area contributed by atoms with Gasteiger partial charge in [0, 0.05) is 18.0 Å². The second kappa shape index (κ2) is 4.35. The zero-order chi connectivity index (χ0) is 12.5. The largest absolute Gasteiger partial charge is 0.481 e. The van der Waals surface area contributed by atoms with Gasteiger partial charge in [0.05, 0.1) is 18.4 Å². The van der Waals surface area contributed by atoms with Crippen molar-refractivity contribution in [1.29, 1.82) is 0 Å². The smallest absolute Gasteiger partial charge is 0.253 e. The van der Waals surface area contributed by atoms with Crippen molar-refractivity contribution in [2.75, 3.05) is 7.11 Å². The Morgan fingerprint density at radius 2 is 2.12 bits per heavy atom. The number of hydrogen-bond acceptors (Lipinski definition) is 3. The second-order valence-electron chi connectivity index (χ2n) is 4.47. The maximum atomic E-state index is 12.0. The molecule has 1 amide bonds. The molecule has 0 bridgehead atoms. The Morgan fingerprint density at radius 3 is 2.71 bits per heavy atom. The number of carbonyl (C=O) groups is 1. The van der Waals surface area contributed by atoms with Crippen LogP contribution in [0.25, 0.3) is 0 Å². The van der Waals surface area contributed by atoms with Gasteiger partial charge in [0.1, 0.15) is 0 Å². The first-order valence-electron chi connectivity index (χ1n) is 6.00. The van der Waals surface area contributed by atoms with Gasteiger partial charge < -0.3 is 10.1 Å². The van der Waals surface area contributed by atoms with E-state index in [9.17, 15) is 4.79 Å². The summed E-state index contributed by atoms with van der Waals surface area (Å²) < 4.78 is 5.11. The van der Waals surface area contributed by atoms with Gasteiger partial charge in [0.15, 0.2) is 0 Å². The average molecular weight is 234 g/mol. The van der Waals surface area contributed by atoms with Gasteiger partial charge in [0.25, 0.3) is 5.91 Å². The van der Waals surface area contributed by atoms with Crippen LogP contribution < -0.4 is 10.1 Å². The molecule has 0 spiro atoms. The van der Waals surface area contributed by atoms with Gasteiger partial charge in [-0.25, -0.2) is 4.98 Å². The Kier molecular flexibility index (Phi) is 3.05. The van der Waals surface area contributed by atoms with Crippen LogP contribution in [0.2, 0.25) is 0 Å². The van der Waals surface area contributed by atoms with Gasteiger partial charge in [-0.2, -0.15) is 0 Å². The molecule has 0 saturated heterocycles. The highest BCUT2D eigenvalue weighted by Crippen LogP contribution is 2.28. The van der Waals surface area contributed by atoms with Crippen LogP contribution in [-0.4, -0.2) is 23.5 Å². The lowest BCUT2D eigenvalue weighted by molar-refractivity contribution is 0.0868. The number of aromatic nitrogens is 1. The molecule has 0 fully saturated rings. The Balaban J connectivity index is 2.43. The Hall–Kier alpha value is -1.58. The number of hydrogen-bond donors (Lipinski definition) is 1. The van der Waals surface area contributed by atoms with Crippen molar-refractivity contribution in [2.45, 2.75) is 38.6 Å². The lowest BCUT2D eigenvalue weighted by Crippen LogP contribution is -2.53. The summed E-state index contributed by atoms with van der Waals surface area (Å²) in [5.41, 5.74) is 1.36. The fourth-order valence-corrected chi connectivity index (χ4v) is 2.29. The molecular formula is C13H18N2O2. The molecule has 0 aromatic carbocycles. The highest BCUT2D eigenvalue weighted by Gasteiger charge is 2.35. The molecular weight excluding hydrogens is 216 g/mol. The van der Waals surface area contributed by atoms with Crippen LogP contribution in [0.1, 0.15) is 42.7 Å². The predicted molar refractivity (Wildman–Crippen MR) is 65.3 cm³/mol. The summed E-state index contributed by atoms with van der Waals surface area (Å²) in [6, 6.07) is 3.51. The third-order valence-corrected chi connectivity index (χ3v) is 3.64. The Morgan fingerprint density at radius 1 is 1.41 bits per heavy atom. The van der Waals surface area contributed by atoms with E-state index in [0.29, 0.717) is 11.4 Å². The Labute approximate surface area is 101 Å². The van der Waals surface area contributed by atoms with Crippen LogP contribution in [0.3, 0.4) is 0 Å². The maximum absolute atomic E-state index is 12.0. The molecule has 1 aromatic heterocycles. The van der Waals surface area contributed by atoms with Gasteiger partial charge in [-0.05, 0) is 18.9 Å². The van der Waals surface area contributed by atoms with Crippen LogP contribution in [0, 0.1) is 0 Å². The Bertz CT molecular complexity index is 439. The molecule has 17 heavy (non-hydrogen) atoms. The van der Waals surface area contributed by atoms with Crippen LogP contribution in [-0.2, 0) is 6.42 Å². The summed E-state index contributed by atoms with van der Waals surface area (Å²) in [7, 11) is 1.59. The number of pyridine rings is 1. The first-order valence-corrected chi connectivity index (χ1v) is 6.00. The monoisotopic (exact) mass is 234 g/mol. The summed E-state index contributed by atoms with van der Waals surface area (Å²) in [6.45, 7) is 4.18. The van der Waals surface area contributed by atoms with Gasteiger partial charge in [0.2, 0.25) is 5.88 Å². The van der Waals surface area contributed by atoms with E-state index in [1.807, 2.05) is 0 Å². The number of nitrogens with one attached hydrogen (secondary N) is 1. The molecule has 1 aliphatic heterocycles. The highest BCUT2D eigenvalue weighted by atomic mass is 16.5. The van der Waals surface area contributed by atoms with E-state index >= 15 is 0 Å². The summed E-state index contributed by atoms with van der Waals surface area (Å²) >= 11 is 0. The van der Waals surface area contributed by atoms with Crippen molar-refractivity contribution < 1.29 is 9.53 Å². The van der Waals surface area contributed by atoms with Crippen molar-refractivity contribution >= 4 is 5.91 Å². The average Bonchev–Trinajstić information content (AvgIpc) is 2.37. The van der Waals surface area contributed by atoms with Gasteiger partial charge in [-0.15, -0.1) is 0 Å². The molecule has 4 nitrogen and oxygen atoms in total. The molecule has 1 N–H and O–H groups in total. The van der Waals surface area contributed by atoms with E-state index in [2.05, 4.69) is 24.1 Å². The fourth-order valence-electron chi connectivity index (χ4n) is 2.29. The topological polar surface area (TPSA) is 51.2 Å². The molecule has 0 unspecified atom stereocenters. The highest BCUT2D eigenvalue weighted by molar-refractivity contribution is 5.97. The predicted octanol–water partition coefficient (Wildman–Crippen LogP) is 1.93. The standard InChI is InChI=1S/C13H18N2O2/c1-4-13(5-2)8-10-9(12(16)15-13)6-7-11(14-10)17-3/h6-7H,4-5,8H2,1-3H3,(H,15,16). The summed E-state index contributed by atoms with van der Waals surface area (Å²) in [5.74, 6) is 0.546. The van der Waals surface area contributed by atoms with Crippen LogP contribution in [0.5, 0.6) is 5.88 Å². The molecule has 4 heteroatoms. The normalized spacial score (nSPS) is 17.2. The quantitative estimate of drug-likeness (QED) is 0.869. The number of carbonyl (C=O) groups excluding carboxylic acids is 1. The maximum Gasteiger partial charge on any atom is 0.253 e. The molecule has 92 valence electrons. The number of nitrogens with zero attached hydrogens (tertiary/aromatic N) is 1. The van der Waals surface area contributed by atoms with E-state index in [1.54, 1.807) is 19.2 Å². The van der Waals surface area contributed by atoms with Gasteiger partial charge in [-0.1, -0.05) is 13.8 Å². The third-order valence-electron chi connectivity index (χ3n) is 3.64. The number of amides is 1. The molecule has 0 atom stereocenters. The van der Waals surface area contributed by atoms with Crippen LogP contribution in [0.15, 0.2) is 12.1 Å². The molecule has 2 rings (SSSR count). The summed E-state index contributed by atoms with van der Waals surface area (Å²) in [6.07, 6.45) is 2.60. The molecule has 1 aliphatic rings. The molecule has 0 saturated carbocycles. The number of ether oxygens (including phenoxy) is 1. The minimum Gasteiger partial charge on any atom is -0.481 e. The lowest BCUT2D eigenvalue weighted by atomic mass is 9.83. The van der Waals surface area contributed by atoms with Gasteiger partial charge >= 0.3 is 0 Å². The van der Waals surface area contributed by atoms with Crippen molar-refractivity contribution in [3.05, 3.63) is 23.4 Å². The molecule has 1 aromatic rings. The summed E-state index contributed by atoms with van der Waals surface area (Å²) in [4.78, 5) is 16.4. The number of methoxy groups -OCH3 is 1. The minimum atomic E-state index is -0.149. The summed E-state index contributed by atoms with van der Waals surface area (Å²) in [5, 5.41) is 3.10. The first-order chi connectivity index (χ1) is 8.14. The minimum absolute atomic E-state index is 0.0231. The molecule has 0 aliphatic carbocycles. The van der Waals surface area contributed by atoms with Crippen LogP contribution >= 0.6 is 0 Å². The van der Waals surface area contributed by atoms with Crippen molar-refractivity contribution in [3.8, 4) is 5.88 Å². The van der Waals surface area contributed by atoms with Crippen molar-refractivity contribution in [3.63, 3.8) is 0 Å². The van der Waals surface area contributed by atoms with E-state index in [-0.39, 0.29) is 11.4 Å². The van der Waals surface area contributed by atoms with E-state index in [0.717, 1.165) is 25.0 Å².